The van der Waals surface area contributed by atoms with Gasteiger partial charge in [0.05, 0.1) is 16.6 Å². The average molecular weight is 328 g/mol. The number of hydrogen-bond donors (Lipinski definition) is 0. The molecule has 118 valence electrons. The molecule has 0 aliphatic heterocycles. The molecule has 0 fully saturated rings. The van der Waals surface area contributed by atoms with Gasteiger partial charge in [0.2, 0.25) is 0 Å². The molecule has 0 saturated heterocycles. The predicted octanol–water partition coefficient (Wildman–Crippen LogP) is 3.15. The first-order chi connectivity index (χ1) is 11.1. The number of aromatic nitrogens is 2. The summed E-state index contributed by atoms with van der Waals surface area (Å²) in [5, 5.41) is 0.774. The van der Waals surface area contributed by atoms with E-state index in [9.17, 15) is 9.59 Å². The Kier molecular flexibility index (Phi) is 4.52. The molecule has 1 aromatic carbocycles. The van der Waals surface area contributed by atoms with E-state index in [4.69, 9.17) is 4.74 Å². The highest BCUT2D eigenvalue weighted by atomic mass is 32.1. The van der Waals surface area contributed by atoms with Crippen LogP contribution in [0, 0.1) is 0 Å². The molecular weight excluding hydrogens is 312 g/mol. The number of carbonyl (C=O) groups is 1. The monoisotopic (exact) mass is 328 g/mol. The van der Waals surface area contributed by atoms with Gasteiger partial charge in [0.1, 0.15) is 5.01 Å². The predicted molar refractivity (Wildman–Crippen MR) is 89.4 cm³/mol. The molecule has 0 spiro atoms. The number of carbonyl (C=O) groups excluding carboxylic acids is 1. The summed E-state index contributed by atoms with van der Waals surface area (Å²) >= 11 is 1.52. The minimum Gasteiger partial charge on any atom is -0.455 e. The Morgan fingerprint density at radius 3 is 2.83 bits per heavy atom. The fourth-order valence-electron chi connectivity index (χ4n) is 2.23. The fraction of sp³-hybridized carbons (Fsp3) is 0.235. The lowest BCUT2D eigenvalue weighted by atomic mass is 10.3. The molecule has 0 aliphatic rings. The minimum absolute atomic E-state index is 0.125. The quantitative estimate of drug-likeness (QED) is 0.675. The van der Waals surface area contributed by atoms with Crippen LogP contribution in [0.15, 0.2) is 53.5 Å². The third-order valence-corrected chi connectivity index (χ3v) is 4.62. The maximum atomic E-state index is 12.0. The first-order valence-electron chi connectivity index (χ1n) is 7.34. The average Bonchev–Trinajstić information content (AvgIpc) is 2.98. The van der Waals surface area contributed by atoms with E-state index in [1.165, 1.54) is 22.0 Å². The number of nitrogens with zero attached hydrogens (tertiary/aromatic N) is 2. The van der Waals surface area contributed by atoms with Crippen LogP contribution in [0.25, 0.3) is 10.2 Å². The normalized spacial score (nSPS) is 12.2. The molecule has 0 saturated carbocycles. The summed E-state index contributed by atoms with van der Waals surface area (Å²) in [5.41, 5.74) is 0.783. The van der Waals surface area contributed by atoms with Crippen molar-refractivity contribution in [3.63, 3.8) is 0 Å². The van der Waals surface area contributed by atoms with Gasteiger partial charge in [-0.15, -0.1) is 11.3 Å². The van der Waals surface area contributed by atoms with Crippen LogP contribution in [0.4, 0.5) is 0 Å². The van der Waals surface area contributed by atoms with Gasteiger partial charge >= 0.3 is 5.97 Å². The van der Waals surface area contributed by atoms with Crippen molar-refractivity contribution in [3.05, 3.63) is 64.0 Å². The highest BCUT2D eigenvalue weighted by Crippen LogP contribution is 2.28. The largest absolute Gasteiger partial charge is 0.455 e. The summed E-state index contributed by atoms with van der Waals surface area (Å²) in [6.45, 7) is 2.12. The SMILES string of the molecule is CC(OC(=O)CCn1ccccc1=O)c1nc2ccccc2s1. The maximum absolute atomic E-state index is 12.0. The van der Waals surface area contributed by atoms with Gasteiger partial charge in [-0.05, 0) is 25.1 Å². The molecule has 23 heavy (non-hydrogen) atoms. The summed E-state index contributed by atoms with van der Waals surface area (Å²) in [6, 6.07) is 12.7. The standard InChI is InChI=1S/C17H16N2O3S/c1-12(17-18-13-6-2-3-7-14(13)23-17)22-16(21)9-11-19-10-5-4-8-15(19)20/h2-8,10,12H,9,11H2,1H3. The van der Waals surface area contributed by atoms with Gasteiger partial charge < -0.3 is 9.30 Å². The van der Waals surface area contributed by atoms with Crippen molar-refractivity contribution in [3.8, 4) is 0 Å². The Morgan fingerprint density at radius 2 is 2.04 bits per heavy atom. The molecule has 0 aliphatic carbocycles. The van der Waals surface area contributed by atoms with Gasteiger partial charge in [-0.3, -0.25) is 9.59 Å². The second-order valence-corrected chi connectivity index (χ2v) is 6.20. The van der Waals surface area contributed by atoms with Crippen LogP contribution in [-0.4, -0.2) is 15.5 Å². The van der Waals surface area contributed by atoms with E-state index in [1.807, 2.05) is 31.2 Å². The van der Waals surface area contributed by atoms with E-state index >= 15 is 0 Å². The third kappa shape index (κ3) is 3.65. The zero-order valence-electron chi connectivity index (χ0n) is 12.6. The first-order valence-corrected chi connectivity index (χ1v) is 8.15. The van der Waals surface area contributed by atoms with Crippen molar-refractivity contribution in [2.75, 3.05) is 0 Å². The number of hydrogen-bond acceptors (Lipinski definition) is 5. The van der Waals surface area contributed by atoms with E-state index in [-0.39, 0.29) is 17.9 Å². The first kappa shape index (κ1) is 15.4. The molecule has 0 bridgehead atoms. The van der Waals surface area contributed by atoms with E-state index in [0.717, 1.165) is 15.2 Å². The lowest BCUT2D eigenvalue weighted by molar-refractivity contribution is -0.148. The number of ether oxygens (including phenoxy) is 1. The summed E-state index contributed by atoms with van der Waals surface area (Å²) in [4.78, 5) is 28.0. The highest BCUT2D eigenvalue weighted by Gasteiger charge is 2.16. The van der Waals surface area contributed by atoms with E-state index in [1.54, 1.807) is 18.3 Å². The van der Waals surface area contributed by atoms with Gasteiger partial charge in [0.15, 0.2) is 6.10 Å². The number of rotatable bonds is 5. The number of thiazole rings is 1. The lowest BCUT2D eigenvalue weighted by Gasteiger charge is -2.11. The Bertz CT molecular complexity index is 851. The molecule has 0 radical (unpaired) electrons. The molecule has 2 aromatic heterocycles. The van der Waals surface area contributed by atoms with Crippen LogP contribution in [0.1, 0.15) is 24.5 Å². The van der Waals surface area contributed by atoms with Crippen molar-refractivity contribution in [2.45, 2.75) is 26.0 Å². The second kappa shape index (κ2) is 6.75. The third-order valence-electron chi connectivity index (χ3n) is 3.42. The number of para-hydroxylation sites is 1. The van der Waals surface area contributed by atoms with Gasteiger partial charge in [-0.1, -0.05) is 18.2 Å². The molecule has 2 heterocycles. The summed E-state index contributed by atoms with van der Waals surface area (Å²) in [7, 11) is 0. The molecular formula is C17H16N2O3S. The number of pyridine rings is 1. The topological polar surface area (TPSA) is 61.2 Å². The second-order valence-electron chi connectivity index (χ2n) is 5.13. The van der Waals surface area contributed by atoms with Crippen LogP contribution in [0.3, 0.4) is 0 Å². The molecule has 6 heteroatoms. The molecule has 1 atom stereocenters. The highest BCUT2D eigenvalue weighted by molar-refractivity contribution is 7.18. The smallest absolute Gasteiger partial charge is 0.308 e. The van der Waals surface area contributed by atoms with Gasteiger partial charge in [0.25, 0.3) is 5.56 Å². The van der Waals surface area contributed by atoms with Crippen LogP contribution in [-0.2, 0) is 16.1 Å². The van der Waals surface area contributed by atoms with E-state index in [2.05, 4.69) is 4.98 Å². The zero-order valence-corrected chi connectivity index (χ0v) is 13.5. The minimum atomic E-state index is -0.396. The van der Waals surface area contributed by atoms with Crippen molar-refractivity contribution in [1.29, 1.82) is 0 Å². The van der Waals surface area contributed by atoms with Gasteiger partial charge in [-0.25, -0.2) is 4.98 Å². The zero-order chi connectivity index (χ0) is 16.2. The summed E-state index contributed by atoms with van der Waals surface area (Å²) in [6.07, 6.45) is 1.42. The summed E-state index contributed by atoms with van der Waals surface area (Å²) in [5.74, 6) is -0.340. The molecule has 0 N–H and O–H groups in total. The molecule has 1 unspecified atom stereocenters. The molecule has 5 nitrogen and oxygen atoms in total. The molecule has 3 aromatic rings. The fourth-order valence-corrected chi connectivity index (χ4v) is 3.18. The molecule has 0 amide bonds. The van der Waals surface area contributed by atoms with E-state index < -0.39 is 6.10 Å². The Balaban J connectivity index is 1.61. The Labute approximate surface area is 137 Å². The number of benzene rings is 1. The van der Waals surface area contributed by atoms with Crippen LogP contribution in [0.5, 0.6) is 0 Å². The number of esters is 1. The summed E-state index contributed by atoms with van der Waals surface area (Å²) < 4.78 is 7.98. The van der Waals surface area contributed by atoms with Crippen molar-refractivity contribution in [1.82, 2.24) is 9.55 Å². The number of fused-ring (bicyclic) bond motifs is 1. The number of aryl methyl sites for hydroxylation is 1. The van der Waals surface area contributed by atoms with Gasteiger partial charge in [-0.2, -0.15) is 0 Å². The Morgan fingerprint density at radius 1 is 1.26 bits per heavy atom. The van der Waals surface area contributed by atoms with Crippen molar-refractivity contribution in [2.24, 2.45) is 0 Å². The lowest BCUT2D eigenvalue weighted by Crippen LogP contribution is -2.20. The van der Waals surface area contributed by atoms with Crippen LogP contribution < -0.4 is 5.56 Å². The Hall–Kier alpha value is -2.47. The van der Waals surface area contributed by atoms with Crippen LogP contribution >= 0.6 is 11.3 Å². The van der Waals surface area contributed by atoms with Crippen molar-refractivity contribution < 1.29 is 9.53 Å². The molecule has 3 rings (SSSR count). The van der Waals surface area contributed by atoms with Crippen LogP contribution in [0.2, 0.25) is 0 Å². The van der Waals surface area contributed by atoms with Crippen molar-refractivity contribution >= 4 is 27.5 Å². The van der Waals surface area contributed by atoms with E-state index in [0.29, 0.717) is 6.54 Å². The van der Waals surface area contributed by atoms with Gasteiger partial charge in [0, 0.05) is 18.8 Å². The maximum Gasteiger partial charge on any atom is 0.308 e.